The Hall–Kier alpha value is -1.71. The number of nitrogens with zero attached hydrogens (tertiary/aromatic N) is 4. The first-order valence-electron chi connectivity index (χ1n) is 9.55. The van der Waals surface area contributed by atoms with E-state index < -0.39 is 0 Å². The van der Waals surface area contributed by atoms with Crippen LogP contribution in [-0.4, -0.2) is 39.7 Å². The quantitative estimate of drug-likeness (QED) is 0.394. The number of aromatic nitrogens is 3. The van der Waals surface area contributed by atoms with Gasteiger partial charge in [-0.1, -0.05) is 36.1 Å². The first kappa shape index (κ1) is 20.6. The van der Waals surface area contributed by atoms with Gasteiger partial charge in [0.25, 0.3) is 0 Å². The number of anilines is 2. The molecule has 1 N–H and O–H groups in total. The molecule has 3 aromatic rings. The van der Waals surface area contributed by atoms with Crippen molar-refractivity contribution in [3.63, 3.8) is 0 Å². The average molecular weight is 492 g/mol. The van der Waals surface area contributed by atoms with Crippen LogP contribution >= 0.6 is 39.0 Å². The van der Waals surface area contributed by atoms with Crippen LogP contribution in [0.25, 0.3) is 10.3 Å². The molecule has 1 aliphatic rings. The molecular formula is C20H22BrN5OS2. The van der Waals surface area contributed by atoms with E-state index in [9.17, 15) is 4.79 Å². The maximum absolute atomic E-state index is 12.4. The lowest BCUT2D eigenvalue weighted by atomic mass is 10.0. The molecule has 1 aliphatic heterocycles. The highest BCUT2D eigenvalue weighted by molar-refractivity contribution is 9.10. The van der Waals surface area contributed by atoms with Gasteiger partial charge in [-0.2, -0.15) is 4.98 Å². The number of aryl methyl sites for hydroxylation is 1. The highest BCUT2D eigenvalue weighted by Crippen LogP contribution is 2.35. The molecule has 2 aromatic heterocycles. The lowest BCUT2D eigenvalue weighted by Crippen LogP contribution is -2.34. The van der Waals surface area contributed by atoms with Crippen LogP contribution < -0.4 is 10.2 Å². The molecule has 6 nitrogen and oxygen atoms in total. The number of amides is 1. The lowest BCUT2D eigenvalue weighted by Gasteiger charge is -2.30. The summed E-state index contributed by atoms with van der Waals surface area (Å²) in [5.74, 6) is 0.891. The van der Waals surface area contributed by atoms with Crippen molar-refractivity contribution in [1.82, 2.24) is 15.0 Å². The van der Waals surface area contributed by atoms with Crippen LogP contribution in [-0.2, 0) is 4.79 Å². The van der Waals surface area contributed by atoms with Crippen molar-refractivity contribution in [3.05, 3.63) is 34.6 Å². The number of hydrogen-bond acceptors (Lipinski definition) is 7. The highest BCUT2D eigenvalue weighted by Gasteiger charge is 2.21. The summed E-state index contributed by atoms with van der Waals surface area (Å²) in [5.41, 5.74) is 2.62. The minimum absolute atomic E-state index is 0.0686. The Morgan fingerprint density at radius 1 is 1.41 bits per heavy atom. The second kappa shape index (κ2) is 8.97. The van der Waals surface area contributed by atoms with Crippen molar-refractivity contribution in [2.75, 3.05) is 29.1 Å². The standard InChI is InChI=1S/C20H22BrN5OS2/c1-12-5-6-15(14(21)8-12)24-16(27)10-28-19-17-18(22-11-23-19)25-20(29-17)26-7-3-4-13(2)9-26/h5-6,8,11,13H,3-4,7,9-10H2,1-2H3,(H,24,27). The molecule has 1 fully saturated rings. The molecule has 1 unspecified atom stereocenters. The second-order valence-electron chi connectivity index (χ2n) is 7.34. The lowest BCUT2D eigenvalue weighted by molar-refractivity contribution is -0.113. The van der Waals surface area contributed by atoms with E-state index in [0.29, 0.717) is 11.6 Å². The van der Waals surface area contributed by atoms with Crippen molar-refractivity contribution in [3.8, 4) is 0 Å². The number of rotatable bonds is 5. The predicted molar refractivity (Wildman–Crippen MR) is 124 cm³/mol. The normalized spacial score (nSPS) is 16.9. The summed E-state index contributed by atoms with van der Waals surface area (Å²) in [6.45, 7) is 6.36. The Bertz CT molecular complexity index is 1040. The third-order valence-corrected chi connectivity index (χ3v) is 7.70. The topological polar surface area (TPSA) is 71.0 Å². The average Bonchev–Trinajstić information content (AvgIpc) is 3.13. The van der Waals surface area contributed by atoms with E-state index in [-0.39, 0.29) is 11.7 Å². The second-order valence-corrected chi connectivity index (χ2v) is 10.1. The minimum atomic E-state index is -0.0686. The molecule has 1 atom stereocenters. The van der Waals surface area contributed by atoms with Gasteiger partial charge in [-0.05, 0) is 59.3 Å². The van der Waals surface area contributed by atoms with Gasteiger partial charge in [-0.25, -0.2) is 9.97 Å². The molecule has 152 valence electrons. The third kappa shape index (κ3) is 4.90. The Labute approximate surface area is 186 Å². The third-order valence-electron chi connectivity index (χ3n) is 4.81. The number of thioether (sulfide) groups is 1. The van der Waals surface area contributed by atoms with Crippen LogP contribution in [0.1, 0.15) is 25.3 Å². The first-order chi connectivity index (χ1) is 14.0. The van der Waals surface area contributed by atoms with Gasteiger partial charge in [0.15, 0.2) is 10.8 Å². The molecule has 0 spiro atoms. The molecule has 3 heterocycles. The van der Waals surface area contributed by atoms with Crippen molar-refractivity contribution in [2.45, 2.75) is 31.7 Å². The van der Waals surface area contributed by atoms with Gasteiger partial charge in [-0.3, -0.25) is 4.79 Å². The van der Waals surface area contributed by atoms with Crippen LogP contribution in [0, 0.1) is 12.8 Å². The monoisotopic (exact) mass is 491 g/mol. The van der Waals surface area contributed by atoms with Gasteiger partial charge in [0.1, 0.15) is 16.1 Å². The summed E-state index contributed by atoms with van der Waals surface area (Å²) in [5, 5.41) is 4.76. The van der Waals surface area contributed by atoms with E-state index in [1.165, 1.54) is 30.9 Å². The largest absolute Gasteiger partial charge is 0.348 e. The van der Waals surface area contributed by atoms with E-state index in [1.807, 2.05) is 25.1 Å². The SMILES string of the molecule is Cc1ccc(NC(=O)CSc2ncnc3nc(N4CCCC(C)C4)sc23)c(Br)c1. The number of piperidine rings is 1. The Morgan fingerprint density at radius 3 is 3.07 bits per heavy atom. The Kier molecular flexibility index (Phi) is 6.36. The van der Waals surface area contributed by atoms with Crippen LogP contribution in [0.4, 0.5) is 10.8 Å². The number of benzene rings is 1. The molecule has 29 heavy (non-hydrogen) atoms. The van der Waals surface area contributed by atoms with Crippen molar-refractivity contribution >= 4 is 66.1 Å². The van der Waals surface area contributed by atoms with E-state index in [2.05, 4.69) is 43.0 Å². The summed E-state index contributed by atoms with van der Waals surface area (Å²) in [4.78, 5) is 28.2. The molecule has 0 aliphatic carbocycles. The maximum atomic E-state index is 12.4. The van der Waals surface area contributed by atoms with Crippen molar-refractivity contribution in [1.29, 1.82) is 0 Å². The Balaban J connectivity index is 1.45. The number of carbonyl (C=O) groups is 1. The predicted octanol–water partition coefficient (Wildman–Crippen LogP) is 5.12. The first-order valence-corrected chi connectivity index (χ1v) is 12.1. The fourth-order valence-electron chi connectivity index (χ4n) is 3.37. The zero-order chi connectivity index (χ0) is 20.4. The van der Waals surface area contributed by atoms with E-state index >= 15 is 0 Å². The summed E-state index contributed by atoms with van der Waals surface area (Å²) in [6.07, 6.45) is 4.00. The molecule has 1 saturated heterocycles. The van der Waals surface area contributed by atoms with Crippen LogP contribution in [0.3, 0.4) is 0 Å². The van der Waals surface area contributed by atoms with E-state index in [4.69, 9.17) is 4.98 Å². The number of fused-ring (bicyclic) bond motifs is 1. The van der Waals surface area contributed by atoms with Gasteiger partial charge in [-0.15, -0.1) is 0 Å². The summed E-state index contributed by atoms with van der Waals surface area (Å²) in [7, 11) is 0. The molecule has 1 amide bonds. The van der Waals surface area contributed by atoms with Gasteiger partial charge >= 0.3 is 0 Å². The summed E-state index contributed by atoms with van der Waals surface area (Å²) >= 11 is 6.54. The van der Waals surface area contributed by atoms with Gasteiger partial charge in [0.05, 0.1) is 11.4 Å². The van der Waals surface area contributed by atoms with Crippen LogP contribution in [0.2, 0.25) is 0 Å². The molecule has 0 saturated carbocycles. The maximum Gasteiger partial charge on any atom is 0.234 e. The zero-order valence-electron chi connectivity index (χ0n) is 16.3. The van der Waals surface area contributed by atoms with Crippen LogP contribution in [0.15, 0.2) is 34.0 Å². The van der Waals surface area contributed by atoms with Gasteiger partial charge in [0, 0.05) is 17.6 Å². The molecule has 0 bridgehead atoms. The van der Waals surface area contributed by atoms with E-state index in [1.54, 1.807) is 11.3 Å². The number of nitrogens with one attached hydrogen (secondary N) is 1. The molecule has 0 radical (unpaired) electrons. The number of halogens is 1. The fourth-order valence-corrected chi connectivity index (χ4v) is 5.88. The molecule has 4 rings (SSSR count). The number of carbonyl (C=O) groups excluding carboxylic acids is 1. The fraction of sp³-hybridized carbons (Fsp3) is 0.400. The molecule has 9 heteroatoms. The van der Waals surface area contributed by atoms with Crippen molar-refractivity contribution in [2.24, 2.45) is 5.92 Å². The van der Waals surface area contributed by atoms with E-state index in [0.717, 1.165) is 43.7 Å². The zero-order valence-corrected chi connectivity index (χ0v) is 19.5. The Morgan fingerprint density at radius 2 is 2.28 bits per heavy atom. The molecule has 1 aromatic carbocycles. The highest BCUT2D eigenvalue weighted by atomic mass is 79.9. The van der Waals surface area contributed by atoms with Gasteiger partial charge in [0.2, 0.25) is 5.91 Å². The van der Waals surface area contributed by atoms with Gasteiger partial charge < -0.3 is 10.2 Å². The number of thiazole rings is 1. The summed E-state index contributed by atoms with van der Waals surface area (Å²) in [6, 6.07) is 5.86. The van der Waals surface area contributed by atoms with Crippen molar-refractivity contribution < 1.29 is 4.79 Å². The summed E-state index contributed by atoms with van der Waals surface area (Å²) < 4.78 is 1.83. The molecular weight excluding hydrogens is 470 g/mol. The smallest absolute Gasteiger partial charge is 0.234 e. The minimum Gasteiger partial charge on any atom is -0.348 e. The number of hydrogen-bond donors (Lipinski definition) is 1. The van der Waals surface area contributed by atoms with Crippen LogP contribution in [0.5, 0.6) is 0 Å².